The van der Waals surface area contributed by atoms with Crippen molar-refractivity contribution in [3.05, 3.63) is 206 Å². The molecule has 4 nitrogen and oxygen atoms in total. The standard InChI is InChI=1S/C56H34N4/c1-2-13-35(14-3-1)36-15-10-17-40(31-36)59-50-25-8-6-20-43(50)47-33-37(27-29-52(47)59)38-28-30-53-48(34-38)44-21-7-9-26-51(44)60(53)41-18-11-16-39(32-41)56-57-49-24-12-23-45-42-19-4-5-22-46(42)55(58-56)54(45)49/h1-34H. The summed E-state index contributed by atoms with van der Waals surface area (Å²) in [6.07, 6.45) is 0. The van der Waals surface area contributed by atoms with Gasteiger partial charge in [-0.1, -0.05) is 140 Å². The lowest BCUT2D eigenvalue weighted by molar-refractivity contribution is 1.17. The number of benzene rings is 9. The summed E-state index contributed by atoms with van der Waals surface area (Å²) in [5, 5.41) is 6.05. The van der Waals surface area contributed by atoms with E-state index < -0.39 is 0 Å². The summed E-state index contributed by atoms with van der Waals surface area (Å²) in [6, 6.07) is 74.4. The van der Waals surface area contributed by atoms with Crippen molar-refractivity contribution in [1.82, 2.24) is 19.1 Å². The van der Waals surface area contributed by atoms with Gasteiger partial charge in [0.25, 0.3) is 0 Å². The highest BCUT2D eigenvalue weighted by Gasteiger charge is 2.24. The van der Waals surface area contributed by atoms with E-state index >= 15 is 0 Å². The van der Waals surface area contributed by atoms with Crippen molar-refractivity contribution >= 4 is 54.5 Å². The van der Waals surface area contributed by atoms with Gasteiger partial charge in [0.05, 0.1) is 33.3 Å². The van der Waals surface area contributed by atoms with Gasteiger partial charge in [-0.15, -0.1) is 0 Å². The molecule has 1 aliphatic rings. The second-order valence-electron chi connectivity index (χ2n) is 15.8. The topological polar surface area (TPSA) is 35.6 Å². The minimum Gasteiger partial charge on any atom is -0.309 e. The van der Waals surface area contributed by atoms with Crippen molar-refractivity contribution < 1.29 is 0 Å². The molecular formula is C56H34N4. The van der Waals surface area contributed by atoms with Crippen molar-refractivity contribution in [3.63, 3.8) is 0 Å². The van der Waals surface area contributed by atoms with Crippen LogP contribution >= 0.6 is 0 Å². The summed E-state index contributed by atoms with van der Waals surface area (Å²) in [5.41, 5.74) is 18.3. The minimum absolute atomic E-state index is 0.733. The summed E-state index contributed by atoms with van der Waals surface area (Å²) >= 11 is 0. The summed E-state index contributed by atoms with van der Waals surface area (Å²) in [5.74, 6) is 0.733. The van der Waals surface area contributed by atoms with Gasteiger partial charge < -0.3 is 9.13 Å². The number of rotatable bonds is 5. The monoisotopic (exact) mass is 762 g/mol. The largest absolute Gasteiger partial charge is 0.309 e. The van der Waals surface area contributed by atoms with Crippen molar-refractivity contribution in [3.8, 4) is 67.4 Å². The Bertz CT molecular complexity index is 3720. The maximum atomic E-state index is 5.23. The van der Waals surface area contributed by atoms with E-state index in [0.29, 0.717) is 0 Å². The molecule has 0 saturated heterocycles. The molecule has 9 aromatic carbocycles. The Hall–Kier alpha value is -8.08. The summed E-state index contributed by atoms with van der Waals surface area (Å²) in [6.45, 7) is 0. The number of nitrogens with zero attached hydrogens (tertiary/aromatic N) is 4. The maximum Gasteiger partial charge on any atom is 0.160 e. The van der Waals surface area contributed by atoms with Crippen molar-refractivity contribution in [2.45, 2.75) is 0 Å². The summed E-state index contributed by atoms with van der Waals surface area (Å²) < 4.78 is 4.78. The highest BCUT2D eigenvalue weighted by atomic mass is 15.0. The molecule has 0 bridgehead atoms. The van der Waals surface area contributed by atoms with Crippen LogP contribution in [0.1, 0.15) is 0 Å². The highest BCUT2D eigenvalue weighted by Crippen LogP contribution is 2.46. The van der Waals surface area contributed by atoms with Gasteiger partial charge in [0.1, 0.15) is 0 Å². The zero-order chi connectivity index (χ0) is 39.3. The molecule has 0 radical (unpaired) electrons. The first-order chi connectivity index (χ1) is 29.7. The molecule has 1 aliphatic carbocycles. The van der Waals surface area contributed by atoms with Crippen LogP contribution in [0.15, 0.2) is 206 Å². The van der Waals surface area contributed by atoms with Gasteiger partial charge in [-0.3, -0.25) is 0 Å². The number of aromatic nitrogens is 4. The molecule has 13 rings (SSSR count). The lowest BCUT2D eigenvalue weighted by Gasteiger charge is -2.11. The Labute approximate surface area is 345 Å². The van der Waals surface area contributed by atoms with Gasteiger partial charge in [0.2, 0.25) is 0 Å². The van der Waals surface area contributed by atoms with Gasteiger partial charge in [-0.2, -0.15) is 0 Å². The van der Waals surface area contributed by atoms with Crippen LogP contribution in [0.4, 0.5) is 0 Å². The third-order valence-electron chi connectivity index (χ3n) is 12.4. The van der Waals surface area contributed by atoms with Crippen molar-refractivity contribution in [2.24, 2.45) is 0 Å². The molecule has 3 aromatic heterocycles. The maximum absolute atomic E-state index is 5.23. The normalized spacial score (nSPS) is 12.0. The van der Waals surface area contributed by atoms with E-state index in [-0.39, 0.29) is 0 Å². The molecule has 0 atom stereocenters. The van der Waals surface area contributed by atoms with E-state index in [0.717, 1.165) is 50.4 Å². The molecular weight excluding hydrogens is 729 g/mol. The van der Waals surface area contributed by atoms with Crippen LogP contribution in [0.3, 0.4) is 0 Å². The highest BCUT2D eigenvalue weighted by molar-refractivity contribution is 6.14. The fraction of sp³-hybridized carbons (Fsp3) is 0. The van der Waals surface area contributed by atoms with E-state index in [1.54, 1.807) is 0 Å². The number of fused-ring (bicyclic) bond motifs is 9. The smallest absolute Gasteiger partial charge is 0.160 e. The van der Waals surface area contributed by atoms with Gasteiger partial charge in [0, 0.05) is 49.4 Å². The molecule has 60 heavy (non-hydrogen) atoms. The quantitative estimate of drug-likeness (QED) is 0.175. The van der Waals surface area contributed by atoms with E-state index in [1.807, 2.05) is 0 Å². The SMILES string of the molecule is c1ccc(-c2cccc(-n3c4ccccc4c4cc(-c5ccc6c(c5)c5ccccc5n6-c5cccc(-c6nc7c8c(cccc8n6)-c6ccccc6-7)c5)ccc43)c2)cc1. The van der Waals surface area contributed by atoms with Crippen LogP contribution < -0.4 is 0 Å². The average Bonchev–Trinajstić information content (AvgIpc) is 3.95. The number of hydrogen-bond donors (Lipinski definition) is 0. The Morgan fingerprint density at radius 1 is 0.300 bits per heavy atom. The molecule has 0 aliphatic heterocycles. The third kappa shape index (κ3) is 4.85. The predicted molar refractivity (Wildman–Crippen MR) is 249 cm³/mol. The van der Waals surface area contributed by atoms with E-state index in [9.17, 15) is 0 Å². The first kappa shape index (κ1) is 32.9. The number of para-hydroxylation sites is 2. The molecule has 0 fully saturated rings. The first-order valence-corrected chi connectivity index (χ1v) is 20.5. The summed E-state index contributed by atoms with van der Waals surface area (Å²) in [4.78, 5) is 10.4. The predicted octanol–water partition coefficient (Wildman–Crippen LogP) is 14.5. The van der Waals surface area contributed by atoms with Crippen LogP contribution in [-0.2, 0) is 0 Å². The van der Waals surface area contributed by atoms with Crippen LogP contribution in [-0.4, -0.2) is 19.1 Å². The average molecular weight is 763 g/mol. The molecule has 0 N–H and O–H groups in total. The first-order valence-electron chi connectivity index (χ1n) is 20.5. The molecule has 3 heterocycles. The van der Waals surface area contributed by atoms with E-state index in [1.165, 1.54) is 71.5 Å². The Kier molecular flexibility index (Phi) is 6.98. The molecule has 4 heteroatoms. The minimum atomic E-state index is 0.733. The second kappa shape index (κ2) is 12.7. The van der Waals surface area contributed by atoms with Gasteiger partial charge in [-0.25, -0.2) is 9.97 Å². The molecule has 0 spiro atoms. The Morgan fingerprint density at radius 2 is 0.800 bits per heavy atom. The Balaban J connectivity index is 0.931. The molecule has 278 valence electrons. The lowest BCUT2D eigenvalue weighted by atomic mass is 10.0. The zero-order valence-corrected chi connectivity index (χ0v) is 32.4. The van der Waals surface area contributed by atoms with Crippen molar-refractivity contribution in [1.29, 1.82) is 0 Å². The third-order valence-corrected chi connectivity index (χ3v) is 12.4. The number of hydrogen-bond acceptors (Lipinski definition) is 2. The van der Waals surface area contributed by atoms with Crippen LogP contribution in [0, 0.1) is 0 Å². The fourth-order valence-electron chi connectivity index (χ4n) is 9.76. The molecule has 0 amide bonds. The Morgan fingerprint density at radius 3 is 1.48 bits per heavy atom. The zero-order valence-electron chi connectivity index (χ0n) is 32.4. The van der Waals surface area contributed by atoms with Gasteiger partial charge >= 0.3 is 0 Å². The second-order valence-corrected chi connectivity index (χ2v) is 15.8. The fourth-order valence-corrected chi connectivity index (χ4v) is 9.76. The van der Waals surface area contributed by atoms with Crippen molar-refractivity contribution in [2.75, 3.05) is 0 Å². The van der Waals surface area contributed by atoms with E-state index in [4.69, 9.17) is 9.97 Å². The van der Waals surface area contributed by atoms with Gasteiger partial charge in [-0.05, 0) is 100 Å². The molecule has 0 saturated carbocycles. The van der Waals surface area contributed by atoms with Gasteiger partial charge in [0.15, 0.2) is 5.82 Å². The van der Waals surface area contributed by atoms with E-state index in [2.05, 4.69) is 215 Å². The lowest BCUT2D eigenvalue weighted by Crippen LogP contribution is -1.97. The van der Waals surface area contributed by atoms with Crippen LogP contribution in [0.5, 0.6) is 0 Å². The summed E-state index contributed by atoms with van der Waals surface area (Å²) in [7, 11) is 0. The molecule has 0 unspecified atom stereocenters. The molecule has 12 aromatic rings. The van der Waals surface area contributed by atoms with Crippen LogP contribution in [0.25, 0.3) is 122 Å². The van der Waals surface area contributed by atoms with Crippen LogP contribution in [0.2, 0.25) is 0 Å².